The van der Waals surface area contributed by atoms with E-state index < -0.39 is 35.3 Å². The topological polar surface area (TPSA) is 141 Å². The van der Waals surface area contributed by atoms with Crippen molar-refractivity contribution in [2.75, 3.05) is 26.8 Å². The first kappa shape index (κ1) is 32.2. The fourth-order valence-corrected chi connectivity index (χ4v) is 5.78. The minimum Gasteiger partial charge on any atom is -0.496 e. The number of aromatic nitrogens is 2. The summed E-state index contributed by atoms with van der Waals surface area (Å²) in [5.74, 6) is -0.596. The van der Waals surface area contributed by atoms with Crippen molar-refractivity contribution in [1.82, 2.24) is 25.3 Å². The molecule has 2 aliphatic rings. The Morgan fingerprint density at radius 2 is 1.88 bits per heavy atom. The number of carbonyl (C=O) groups is 3. The van der Waals surface area contributed by atoms with Gasteiger partial charge in [-0.25, -0.2) is 9.07 Å². The predicted molar refractivity (Wildman–Crippen MR) is 172 cm³/mol. The Morgan fingerprint density at radius 3 is 2.71 bits per heavy atom. The first-order valence-corrected chi connectivity index (χ1v) is 15.4. The summed E-state index contributed by atoms with van der Waals surface area (Å²) >= 11 is 0. The molecule has 6 bridgehead atoms. The molecular weight excluding hydrogens is 621 g/mol. The van der Waals surface area contributed by atoms with Crippen LogP contribution in [0.5, 0.6) is 17.2 Å². The summed E-state index contributed by atoms with van der Waals surface area (Å²) in [5, 5.41) is 9.93. The summed E-state index contributed by atoms with van der Waals surface area (Å²) in [6, 6.07) is 18.4. The fraction of sp³-hybridized carbons (Fsp3) is 0.286. The second-order valence-corrected chi connectivity index (χ2v) is 11.6. The van der Waals surface area contributed by atoms with Gasteiger partial charge in [-0.2, -0.15) is 5.10 Å². The van der Waals surface area contributed by atoms with Gasteiger partial charge in [0.2, 0.25) is 5.91 Å². The number of rotatable bonds is 3. The number of halogens is 1. The molecule has 6 rings (SSSR count). The van der Waals surface area contributed by atoms with Gasteiger partial charge >= 0.3 is 0 Å². The van der Waals surface area contributed by atoms with Crippen LogP contribution in [-0.4, -0.2) is 71.4 Å². The number of benzene rings is 3. The van der Waals surface area contributed by atoms with Gasteiger partial charge in [0.15, 0.2) is 6.61 Å². The second-order valence-electron chi connectivity index (χ2n) is 11.6. The smallest absolute Gasteiger partial charge is 0.267 e. The number of piperidine rings is 1. The molecule has 0 saturated carbocycles. The number of likely N-dealkylation sites (tertiary alicyclic amines) is 1. The molecule has 2 atom stereocenters. The molecule has 13 heteroatoms. The molecule has 1 fully saturated rings. The third-order valence-electron chi connectivity index (χ3n) is 8.19. The summed E-state index contributed by atoms with van der Waals surface area (Å²) in [6.45, 7) is 1.54. The van der Waals surface area contributed by atoms with Crippen LogP contribution in [0.25, 0.3) is 11.1 Å². The quantitative estimate of drug-likeness (QED) is 0.344. The van der Waals surface area contributed by atoms with E-state index in [0.717, 1.165) is 4.68 Å². The highest BCUT2D eigenvalue weighted by molar-refractivity contribution is 5.96. The van der Waals surface area contributed by atoms with Crippen LogP contribution in [0.15, 0.2) is 77.6 Å². The minimum absolute atomic E-state index is 0.0266. The number of nitrogens with zero attached hydrogens (tertiary/aromatic N) is 3. The van der Waals surface area contributed by atoms with Gasteiger partial charge in [0.25, 0.3) is 17.4 Å². The lowest BCUT2D eigenvalue weighted by Crippen LogP contribution is -2.58. The molecule has 12 nitrogen and oxygen atoms in total. The maximum absolute atomic E-state index is 14.7. The third kappa shape index (κ3) is 7.46. The van der Waals surface area contributed by atoms with Crippen molar-refractivity contribution in [2.45, 2.75) is 38.6 Å². The molecule has 1 aromatic heterocycles. The minimum atomic E-state index is -0.715. The average Bonchev–Trinajstić information content (AvgIpc) is 3.08. The summed E-state index contributed by atoms with van der Waals surface area (Å²) in [4.78, 5) is 53.7. The summed E-state index contributed by atoms with van der Waals surface area (Å²) in [5.41, 5.74) is 2.28. The van der Waals surface area contributed by atoms with Gasteiger partial charge in [-0.05, 0) is 66.6 Å². The predicted octanol–water partition coefficient (Wildman–Crippen LogP) is 2.85. The molecule has 0 unspecified atom stereocenters. The van der Waals surface area contributed by atoms with Gasteiger partial charge < -0.3 is 29.7 Å². The van der Waals surface area contributed by atoms with Crippen molar-refractivity contribution < 1.29 is 33.0 Å². The molecule has 0 aliphatic carbocycles. The highest BCUT2D eigenvalue weighted by Gasteiger charge is 2.35. The molecule has 48 heavy (non-hydrogen) atoms. The van der Waals surface area contributed by atoms with Gasteiger partial charge in [0.1, 0.15) is 35.7 Å². The number of aryl methyl sites for hydroxylation is 1. The Labute approximate surface area is 275 Å². The van der Waals surface area contributed by atoms with Crippen molar-refractivity contribution in [3.63, 3.8) is 0 Å². The summed E-state index contributed by atoms with van der Waals surface area (Å²) < 4.78 is 33.4. The zero-order chi connectivity index (χ0) is 33.8. The molecule has 3 amide bonds. The first-order valence-electron chi connectivity index (χ1n) is 15.4. The lowest BCUT2D eigenvalue weighted by atomic mass is 9.99. The van der Waals surface area contributed by atoms with Crippen LogP contribution in [0.2, 0.25) is 0 Å². The Morgan fingerprint density at radius 1 is 1.02 bits per heavy atom. The van der Waals surface area contributed by atoms with Gasteiger partial charge in [0.05, 0.1) is 18.8 Å². The molecule has 4 aromatic rings. The highest BCUT2D eigenvalue weighted by atomic mass is 19.1. The molecule has 0 radical (unpaired) electrons. The lowest BCUT2D eigenvalue weighted by molar-refractivity contribution is -0.134. The number of amides is 3. The number of fused-ring (bicyclic) bond motifs is 8. The van der Waals surface area contributed by atoms with Gasteiger partial charge in [-0.15, -0.1) is 0 Å². The standard InChI is InChI=1S/C35H34FN5O7/c1-21-6-9-33(43)41(39-21)19-34(44)40-11-10-31-29(18-40)38-35(45)24-7-8-30(46-2)28(15-24)23-4-3-5-26(14-23)47-20-32(42)37-17-22-12-25(36)16-27(13-22)48-31/h3-9,12-16,29,31H,10-11,17-20H2,1-2H3,(H,37,42)(H,38,45)/t29-,31-/m1/s1. The van der Waals surface area contributed by atoms with Crippen molar-refractivity contribution in [3.05, 3.63) is 106 Å². The first-order chi connectivity index (χ1) is 23.1. The number of nitrogens with one attached hydrogen (secondary N) is 2. The maximum Gasteiger partial charge on any atom is 0.267 e. The molecule has 3 aromatic carbocycles. The van der Waals surface area contributed by atoms with E-state index in [9.17, 15) is 23.6 Å². The van der Waals surface area contributed by atoms with Crippen molar-refractivity contribution in [2.24, 2.45) is 0 Å². The summed E-state index contributed by atoms with van der Waals surface area (Å²) in [6.07, 6.45) is -0.347. The molecule has 248 valence electrons. The van der Waals surface area contributed by atoms with Gasteiger partial charge in [0, 0.05) is 49.3 Å². The fourth-order valence-electron chi connectivity index (χ4n) is 5.78. The van der Waals surface area contributed by atoms with E-state index in [1.807, 2.05) is 6.07 Å². The largest absolute Gasteiger partial charge is 0.496 e. The maximum atomic E-state index is 14.7. The number of carbonyl (C=O) groups excluding carboxylic acids is 3. The van der Waals surface area contributed by atoms with Crippen LogP contribution in [0.4, 0.5) is 4.39 Å². The molecule has 2 aliphatic heterocycles. The van der Waals surface area contributed by atoms with Crippen LogP contribution in [0, 0.1) is 12.7 Å². The molecular formula is C35H34FN5O7. The van der Waals surface area contributed by atoms with E-state index in [1.54, 1.807) is 60.4 Å². The van der Waals surface area contributed by atoms with Crippen LogP contribution in [-0.2, 0) is 22.7 Å². The molecule has 0 spiro atoms. The molecule has 3 heterocycles. The van der Waals surface area contributed by atoms with Crippen LogP contribution >= 0.6 is 0 Å². The van der Waals surface area contributed by atoms with Gasteiger partial charge in [-0.1, -0.05) is 12.1 Å². The highest BCUT2D eigenvalue weighted by Crippen LogP contribution is 2.33. The molecule has 2 N–H and O–H groups in total. The van der Waals surface area contributed by atoms with E-state index in [0.29, 0.717) is 45.9 Å². The van der Waals surface area contributed by atoms with E-state index in [2.05, 4.69) is 15.7 Å². The Kier molecular flexibility index (Phi) is 9.37. The Balaban J connectivity index is 1.34. The van der Waals surface area contributed by atoms with Crippen molar-refractivity contribution in [3.8, 4) is 28.4 Å². The molecule has 1 saturated heterocycles. The number of ether oxygens (including phenoxy) is 3. The van der Waals surface area contributed by atoms with Crippen molar-refractivity contribution >= 4 is 17.7 Å². The lowest BCUT2D eigenvalue weighted by Gasteiger charge is -2.39. The van der Waals surface area contributed by atoms with Crippen molar-refractivity contribution in [1.29, 1.82) is 0 Å². The zero-order valence-corrected chi connectivity index (χ0v) is 26.4. The third-order valence-corrected chi connectivity index (χ3v) is 8.19. The monoisotopic (exact) mass is 655 g/mol. The average molecular weight is 656 g/mol. The second kappa shape index (κ2) is 14.0. The van der Waals surface area contributed by atoms with E-state index in [4.69, 9.17) is 14.2 Å². The number of hydrogen-bond acceptors (Lipinski definition) is 8. The Bertz CT molecular complexity index is 1930. The Hall–Kier alpha value is -5.72. The number of hydrogen-bond donors (Lipinski definition) is 2. The number of methoxy groups -OCH3 is 1. The summed E-state index contributed by atoms with van der Waals surface area (Å²) in [7, 11) is 1.53. The normalized spacial score (nSPS) is 18.0. The zero-order valence-electron chi connectivity index (χ0n) is 26.4. The van der Waals surface area contributed by atoms with Crippen LogP contribution in [0.1, 0.15) is 28.0 Å². The van der Waals surface area contributed by atoms with E-state index in [1.165, 1.54) is 25.3 Å². The van der Waals surface area contributed by atoms with Crippen LogP contribution in [0.3, 0.4) is 0 Å². The van der Waals surface area contributed by atoms with Gasteiger partial charge in [-0.3, -0.25) is 19.2 Å². The van der Waals surface area contributed by atoms with Crippen LogP contribution < -0.4 is 30.4 Å². The van der Waals surface area contributed by atoms with E-state index >= 15 is 0 Å². The SMILES string of the molecule is COc1ccc2cc1-c1cccc(c1)OCC(=O)NCc1cc(F)cc(c1)O[C@@H]1CCN(C(=O)Cn3nc(C)ccc3=O)C[C@H]1NC2=O. The van der Waals surface area contributed by atoms with E-state index in [-0.39, 0.29) is 44.4 Å².